The van der Waals surface area contributed by atoms with E-state index in [9.17, 15) is 9.90 Å². The van der Waals surface area contributed by atoms with Crippen LogP contribution in [0.2, 0.25) is 0 Å². The lowest BCUT2D eigenvalue weighted by Gasteiger charge is -2.30. The zero-order valence-corrected chi connectivity index (χ0v) is 12.7. The van der Waals surface area contributed by atoms with Crippen LogP contribution in [0.3, 0.4) is 0 Å². The number of nitrogen functional groups attached to an aromatic ring is 1. The predicted octanol–water partition coefficient (Wildman–Crippen LogP) is 1.82. The number of benzene rings is 1. The van der Waals surface area contributed by atoms with Gasteiger partial charge in [-0.25, -0.2) is 0 Å². The smallest absolute Gasteiger partial charge is 0.251 e. The van der Waals surface area contributed by atoms with Crippen molar-refractivity contribution in [3.63, 3.8) is 0 Å². The Labute approximate surface area is 120 Å². The molecule has 1 aromatic rings. The maximum Gasteiger partial charge on any atom is 0.251 e. The van der Waals surface area contributed by atoms with Gasteiger partial charge in [0.15, 0.2) is 0 Å². The van der Waals surface area contributed by atoms with Crippen LogP contribution >= 0.6 is 0 Å². The quantitative estimate of drug-likeness (QED) is 0.548. The number of nitrogens with zero attached hydrogens (tertiary/aromatic N) is 1. The third kappa shape index (κ3) is 4.42. The number of hydrogen-bond donors (Lipinski definition) is 3. The largest absolute Gasteiger partial charge is 0.506 e. The summed E-state index contributed by atoms with van der Waals surface area (Å²) in [7, 11) is 0. The molecule has 112 valence electrons. The summed E-state index contributed by atoms with van der Waals surface area (Å²) in [5.74, 6) is -0.267. The van der Waals surface area contributed by atoms with E-state index in [4.69, 9.17) is 5.73 Å². The number of hydrogen-bond acceptors (Lipinski definition) is 4. The van der Waals surface area contributed by atoms with E-state index in [0.717, 1.165) is 6.54 Å². The molecule has 4 N–H and O–H groups in total. The number of amides is 1. The van der Waals surface area contributed by atoms with Gasteiger partial charge >= 0.3 is 0 Å². The lowest BCUT2D eigenvalue weighted by molar-refractivity contribution is 0.0939. The average molecular weight is 279 g/mol. The van der Waals surface area contributed by atoms with E-state index in [0.29, 0.717) is 24.2 Å². The maximum atomic E-state index is 11.9. The average Bonchev–Trinajstić information content (AvgIpc) is 2.36. The Morgan fingerprint density at radius 2 is 1.90 bits per heavy atom. The van der Waals surface area contributed by atoms with Crippen LogP contribution in [0.4, 0.5) is 5.69 Å². The first-order valence-electron chi connectivity index (χ1n) is 6.95. The van der Waals surface area contributed by atoms with E-state index < -0.39 is 0 Å². The van der Waals surface area contributed by atoms with Crippen molar-refractivity contribution in [2.45, 2.75) is 39.8 Å². The van der Waals surface area contributed by atoms with Gasteiger partial charge in [0.05, 0.1) is 5.69 Å². The van der Waals surface area contributed by atoms with Crippen molar-refractivity contribution in [3.8, 4) is 5.75 Å². The number of carbonyl (C=O) groups is 1. The summed E-state index contributed by atoms with van der Waals surface area (Å²) >= 11 is 0. The number of phenols is 1. The van der Waals surface area contributed by atoms with Crippen LogP contribution in [-0.4, -0.2) is 41.1 Å². The van der Waals surface area contributed by atoms with Gasteiger partial charge in [0, 0.05) is 30.7 Å². The van der Waals surface area contributed by atoms with Crippen molar-refractivity contribution >= 4 is 11.6 Å². The number of anilines is 1. The molecule has 5 nitrogen and oxygen atoms in total. The normalized spacial score (nSPS) is 11.3. The first kappa shape index (κ1) is 16.3. The molecule has 1 aromatic carbocycles. The molecule has 0 aliphatic rings. The number of rotatable bonds is 6. The third-order valence-electron chi connectivity index (χ3n) is 3.27. The highest BCUT2D eigenvalue weighted by molar-refractivity contribution is 5.95. The minimum absolute atomic E-state index is 0.0661. The highest BCUT2D eigenvalue weighted by Gasteiger charge is 2.13. The van der Waals surface area contributed by atoms with E-state index in [1.54, 1.807) is 6.07 Å². The van der Waals surface area contributed by atoms with Gasteiger partial charge in [0.2, 0.25) is 0 Å². The lowest BCUT2D eigenvalue weighted by Crippen LogP contribution is -2.42. The molecule has 0 fully saturated rings. The molecule has 0 saturated carbocycles. The van der Waals surface area contributed by atoms with Gasteiger partial charge < -0.3 is 16.2 Å². The van der Waals surface area contributed by atoms with Gasteiger partial charge in [0.1, 0.15) is 5.75 Å². The Morgan fingerprint density at radius 3 is 2.40 bits per heavy atom. The number of nitrogens with one attached hydrogen (secondary N) is 1. The molecule has 0 aliphatic carbocycles. The molecule has 20 heavy (non-hydrogen) atoms. The highest BCUT2D eigenvalue weighted by Crippen LogP contribution is 2.20. The fourth-order valence-electron chi connectivity index (χ4n) is 2.20. The summed E-state index contributed by atoms with van der Waals surface area (Å²) in [5, 5.41) is 12.3. The number of phenolic OH excluding ortho intramolecular Hbond substituents is 1. The van der Waals surface area contributed by atoms with Crippen LogP contribution in [0.25, 0.3) is 0 Å². The molecule has 0 aliphatic heterocycles. The molecular formula is C15H25N3O2. The molecular weight excluding hydrogens is 254 g/mol. The number of nitrogens with two attached hydrogens (primary N) is 1. The van der Waals surface area contributed by atoms with Gasteiger partial charge in [-0.05, 0) is 45.9 Å². The van der Waals surface area contributed by atoms with E-state index in [1.165, 1.54) is 12.1 Å². The minimum Gasteiger partial charge on any atom is -0.506 e. The van der Waals surface area contributed by atoms with Crippen LogP contribution < -0.4 is 11.1 Å². The second kappa shape index (κ2) is 7.14. The second-order valence-corrected chi connectivity index (χ2v) is 5.45. The molecule has 0 aromatic heterocycles. The molecule has 0 saturated heterocycles. The Hall–Kier alpha value is -1.75. The topological polar surface area (TPSA) is 78.6 Å². The molecule has 0 unspecified atom stereocenters. The van der Waals surface area contributed by atoms with E-state index in [1.807, 2.05) is 0 Å². The Bertz CT molecular complexity index is 450. The molecule has 0 bridgehead atoms. The maximum absolute atomic E-state index is 11.9. The summed E-state index contributed by atoms with van der Waals surface area (Å²) in [6.07, 6.45) is 0. The first-order chi connectivity index (χ1) is 9.32. The summed E-state index contributed by atoms with van der Waals surface area (Å²) in [6, 6.07) is 5.39. The molecule has 1 rings (SSSR count). The van der Waals surface area contributed by atoms with Crippen LogP contribution in [-0.2, 0) is 0 Å². The van der Waals surface area contributed by atoms with Gasteiger partial charge in [-0.1, -0.05) is 0 Å². The van der Waals surface area contributed by atoms with Crippen LogP contribution in [0.15, 0.2) is 18.2 Å². The highest BCUT2D eigenvalue weighted by atomic mass is 16.3. The zero-order chi connectivity index (χ0) is 15.3. The monoisotopic (exact) mass is 279 g/mol. The van der Waals surface area contributed by atoms with Crippen molar-refractivity contribution in [1.82, 2.24) is 10.2 Å². The van der Waals surface area contributed by atoms with Crippen molar-refractivity contribution in [1.29, 1.82) is 0 Å². The fourth-order valence-corrected chi connectivity index (χ4v) is 2.20. The third-order valence-corrected chi connectivity index (χ3v) is 3.27. The van der Waals surface area contributed by atoms with Crippen molar-refractivity contribution in [2.24, 2.45) is 0 Å². The van der Waals surface area contributed by atoms with Crippen molar-refractivity contribution in [2.75, 3.05) is 18.8 Å². The van der Waals surface area contributed by atoms with Gasteiger partial charge in [0.25, 0.3) is 5.91 Å². The van der Waals surface area contributed by atoms with Gasteiger partial charge in [-0.15, -0.1) is 0 Å². The van der Waals surface area contributed by atoms with Crippen molar-refractivity contribution < 1.29 is 9.90 Å². The number of carbonyl (C=O) groups excluding carboxylic acids is 1. The van der Waals surface area contributed by atoms with Crippen LogP contribution in [0, 0.1) is 0 Å². The Kier molecular flexibility index (Phi) is 5.82. The lowest BCUT2D eigenvalue weighted by atomic mass is 10.2. The molecule has 0 spiro atoms. The van der Waals surface area contributed by atoms with E-state index in [2.05, 4.69) is 37.9 Å². The Balaban J connectivity index is 2.53. The second-order valence-electron chi connectivity index (χ2n) is 5.45. The Morgan fingerprint density at radius 1 is 1.30 bits per heavy atom. The minimum atomic E-state index is -0.201. The summed E-state index contributed by atoms with van der Waals surface area (Å²) in [4.78, 5) is 14.3. The first-order valence-corrected chi connectivity index (χ1v) is 6.95. The fraction of sp³-hybridized carbons (Fsp3) is 0.533. The summed E-state index contributed by atoms with van der Waals surface area (Å²) in [6.45, 7) is 9.92. The molecule has 0 atom stereocenters. The van der Waals surface area contributed by atoms with E-state index in [-0.39, 0.29) is 17.3 Å². The predicted molar refractivity (Wildman–Crippen MR) is 81.8 cm³/mol. The van der Waals surface area contributed by atoms with Gasteiger partial charge in [-0.2, -0.15) is 0 Å². The van der Waals surface area contributed by atoms with Crippen LogP contribution in [0.1, 0.15) is 38.1 Å². The number of aromatic hydroxyl groups is 1. The molecule has 0 radical (unpaired) electrons. The zero-order valence-electron chi connectivity index (χ0n) is 12.7. The molecule has 1 amide bonds. The molecule has 0 heterocycles. The standard InChI is InChI=1S/C15H25N3O2/c1-10(2)18(11(3)4)8-7-17-15(20)12-5-6-13(16)14(19)9-12/h5-6,9-11,19H,7-8,16H2,1-4H3,(H,17,20). The summed E-state index contributed by atoms with van der Waals surface area (Å²) in [5.41, 5.74) is 6.19. The summed E-state index contributed by atoms with van der Waals surface area (Å²) < 4.78 is 0. The van der Waals surface area contributed by atoms with Crippen LogP contribution in [0.5, 0.6) is 5.75 Å². The van der Waals surface area contributed by atoms with Gasteiger partial charge in [-0.3, -0.25) is 9.69 Å². The molecule has 5 heteroatoms. The van der Waals surface area contributed by atoms with Crippen molar-refractivity contribution in [3.05, 3.63) is 23.8 Å². The van der Waals surface area contributed by atoms with E-state index >= 15 is 0 Å². The SMILES string of the molecule is CC(C)N(CCNC(=O)c1ccc(N)c(O)c1)C(C)C.